The van der Waals surface area contributed by atoms with E-state index in [4.69, 9.17) is 5.11 Å². The van der Waals surface area contributed by atoms with Gasteiger partial charge in [-0.2, -0.15) is 0 Å². The van der Waals surface area contributed by atoms with E-state index in [-0.39, 0.29) is 12.0 Å². The highest BCUT2D eigenvalue weighted by molar-refractivity contribution is 5.74. The first-order chi connectivity index (χ1) is 6.92. The number of aliphatic carboxylic acids is 1. The molecular formula is C12H22O3. The molecular weight excluding hydrogens is 192 g/mol. The molecule has 0 unspecified atom stereocenters. The van der Waals surface area contributed by atoms with E-state index >= 15 is 0 Å². The zero-order chi connectivity index (χ0) is 11.5. The molecule has 2 N–H and O–H groups in total. The molecule has 0 bridgehead atoms. The van der Waals surface area contributed by atoms with E-state index in [1.807, 2.05) is 0 Å². The van der Waals surface area contributed by atoms with E-state index in [0.29, 0.717) is 12.8 Å². The summed E-state index contributed by atoms with van der Waals surface area (Å²) in [6.45, 7) is 4.49. The first-order valence-electron chi connectivity index (χ1n) is 5.76. The van der Waals surface area contributed by atoms with Gasteiger partial charge < -0.3 is 10.2 Å². The molecule has 0 aromatic carbocycles. The van der Waals surface area contributed by atoms with Crippen molar-refractivity contribution in [2.24, 2.45) is 10.8 Å². The Morgan fingerprint density at radius 2 is 1.73 bits per heavy atom. The van der Waals surface area contributed by atoms with Crippen LogP contribution in [-0.2, 0) is 4.79 Å². The highest BCUT2D eigenvalue weighted by atomic mass is 16.4. The number of hydrogen-bond acceptors (Lipinski definition) is 2. The van der Waals surface area contributed by atoms with Crippen molar-refractivity contribution in [1.82, 2.24) is 0 Å². The van der Waals surface area contributed by atoms with Crippen LogP contribution in [0.15, 0.2) is 0 Å². The van der Waals surface area contributed by atoms with Gasteiger partial charge in [-0.1, -0.05) is 13.8 Å². The third kappa shape index (κ3) is 2.94. The van der Waals surface area contributed by atoms with Gasteiger partial charge in [-0.05, 0) is 43.9 Å². The topological polar surface area (TPSA) is 57.5 Å². The van der Waals surface area contributed by atoms with Crippen molar-refractivity contribution in [2.75, 3.05) is 6.61 Å². The predicted octanol–water partition coefficient (Wildman–Crippen LogP) is 2.43. The molecule has 0 spiro atoms. The van der Waals surface area contributed by atoms with Gasteiger partial charge in [0.15, 0.2) is 0 Å². The number of carboxylic acid groups (broad SMARTS) is 1. The summed E-state index contributed by atoms with van der Waals surface area (Å²) < 4.78 is 0. The van der Waals surface area contributed by atoms with E-state index in [2.05, 4.69) is 13.8 Å². The van der Waals surface area contributed by atoms with Crippen molar-refractivity contribution < 1.29 is 15.0 Å². The minimum absolute atomic E-state index is 0.0957. The first kappa shape index (κ1) is 12.5. The Labute approximate surface area is 91.5 Å². The van der Waals surface area contributed by atoms with Gasteiger partial charge in [0.2, 0.25) is 0 Å². The Bertz CT molecular complexity index is 223. The first-order valence-corrected chi connectivity index (χ1v) is 5.76. The van der Waals surface area contributed by atoms with Crippen LogP contribution in [0.3, 0.4) is 0 Å². The van der Waals surface area contributed by atoms with Crippen molar-refractivity contribution in [3.63, 3.8) is 0 Å². The minimum atomic E-state index is -0.675. The third-order valence-electron chi connectivity index (χ3n) is 3.83. The average molecular weight is 214 g/mol. The van der Waals surface area contributed by atoms with Crippen LogP contribution < -0.4 is 0 Å². The summed E-state index contributed by atoms with van der Waals surface area (Å²) in [7, 11) is 0. The van der Waals surface area contributed by atoms with Crippen molar-refractivity contribution >= 4 is 5.97 Å². The van der Waals surface area contributed by atoms with Gasteiger partial charge in [0.25, 0.3) is 0 Å². The third-order valence-corrected chi connectivity index (χ3v) is 3.83. The minimum Gasteiger partial charge on any atom is -0.481 e. The van der Waals surface area contributed by atoms with Crippen LogP contribution in [0.4, 0.5) is 0 Å². The van der Waals surface area contributed by atoms with Gasteiger partial charge in [-0.3, -0.25) is 4.79 Å². The van der Waals surface area contributed by atoms with Crippen molar-refractivity contribution in [3.05, 3.63) is 0 Å². The lowest BCUT2D eigenvalue weighted by molar-refractivity contribution is -0.153. The molecule has 3 heteroatoms. The molecule has 1 rings (SSSR count). The SMILES string of the molecule is CC1(C)CCC(CCCO)(C(=O)O)CC1. The van der Waals surface area contributed by atoms with E-state index in [0.717, 1.165) is 25.7 Å². The highest BCUT2D eigenvalue weighted by Gasteiger charge is 2.43. The van der Waals surface area contributed by atoms with E-state index in [1.165, 1.54) is 0 Å². The molecule has 0 aromatic heterocycles. The molecule has 1 saturated carbocycles. The number of carbonyl (C=O) groups is 1. The van der Waals surface area contributed by atoms with Crippen LogP contribution in [0.2, 0.25) is 0 Å². The molecule has 1 fully saturated rings. The second-order valence-electron chi connectivity index (χ2n) is 5.58. The number of hydrogen-bond donors (Lipinski definition) is 2. The average Bonchev–Trinajstić information content (AvgIpc) is 2.16. The summed E-state index contributed by atoms with van der Waals surface area (Å²) in [5.74, 6) is -0.675. The fourth-order valence-electron chi connectivity index (χ4n) is 2.39. The van der Waals surface area contributed by atoms with Crippen LogP contribution in [0.5, 0.6) is 0 Å². The number of aliphatic hydroxyl groups is 1. The predicted molar refractivity (Wildman–Crippen MR) is 58.6 cm³/mol. The fourth-order valence-corrected chi connectivity index (χ4v) is 2.39. The molecule has 0 heterocycles. The Morgan fingerprint density at radius 3 is 2.13 bits per heavy atom. The van der Waals surface area contributed by atoms with E-state index in [1.54, 1.807) is 0 Å². The Balaban J connectivity index is 2.65. The number of aliphatic hydroxyl groups excluding tert-OH is 1. The lowest BCUT2D eigenvalue weighted by atomic mass is 9.63. The fraction of sp³-hybridized carbons (Fsp3) is 0.917. The molecule has 0 aliphatic heterocycles. The molecule has 1 aliphatic rings. The molecule has 0 radical (unpaired) electrons. The van der Waals surface area contributed by atoms with Gasteiger partial charge in [-0.25, -0.2) is 0 Å². The van der Waals surface area contributed by atoms with Crippen molar-refractivity contribution in [2.45, 2.75) is 52.4 Å². The summed E-state index contributed by atoms with van der Waals surface area (Å²) in [4.78, 5) is 11.3. The second-order valence-corrected chi connectivity index (χ2v) is 5.58. The lowest BCUT2D eigenvalue weighted by Gasteiger charge is -2.40. The van der Waals surface area contributed by atoms with Gasteiger partial charge >= 0.3 is 5.97 Å². The summed E-state index contributed by atoms with van der Waals surface area (Å²) in [6.07, 6.45) is 4.70. The monoisotopic (exact) mass is 214 g/mol. The summed E-state index contributed by atoms with van der Waals surface area (Å²) >= 11 is 0. The van der Waals surface area contributed by atoms with Gasteiger partial charge in [-0.15, -0.1) is 0 Å². The normalized spacial score (nSPS) is 23.7. The maximum Gasteiger partial charge on any atom is 0.309 e. The molecule has 0 amide bonds. The second kappa shape index (κ2) is 4.52. The quantitative estimate of drug-likeness (QED) is 0.755. The van der Waals surface area contributed by atoms with E-state index < -0.39 is 11.4 Å². The maximum absolute atomic E-state index is 11.3. The van der Waals surface area contributed by atoms with Gasteiger partial charge in [0, 0.05) is 6.61 Å². The van der Waals surface area contributed by atoms with Gasteiger partial charge in [0.1, 0.15) is 0 Å². The van der Waals surface area contributed by atoms with Gasteiger partial charge in [0.05, 0.1) is 5.41 Å². The molecule has 1 aliphatic carbocycles. The van der Waals surface area contributed by atoms with Crippen LogP contribution in [0.25, 0.3) is 0 Å². The lowest BCUT2D eigenvalue weighted by Crippen LogP contribution is -2.37. The van der Waals surface area contributed by atoms with Crippen LogP contribution in [-0.4, -0.2) is 22.8 Å². The summed E-state index contributed by atoms with van der Waals surface area (Å²) in [6, 6.07) is 0. The molecule has 15 heavy (non-hydrogen) atoms. The Morgan fingerprint density at radius 1 is 1.20 bits per heavy atom. The molecule has 0 aromatic rings. The molecule has 0 atom stereocenters. The largest absolute Gasteiger partial charge is 0.481 e. The number of rotatable bonds is 4. The standard InChI is InChI=1S/C12H22O3/c1-11(2)5-7-12(8-6-11,10(14)15)4-3-9-13/h13H,3-9H2,1-2H3,(H,14,15). The molecule has 88 valence electrons. The molecule has 3 nitrogen and oxygen atoms in total. The summed E-state index contributed by atoms with van der Waals surface area (Å²) in [5, 5.41) is 18.1. The summed E-state index contributed by atoms with van der Waals surface area (Å²) in [5.41, 5.74) is -0.267. The van der Waals surface area contributed by atoms with Crippen LogP contribution >= 0.6 is 0 Å². The van der Waals surface area contributed by atoms with Crippen molar-refractivity contribution in [3.8, 4) is 0 Å². The smallest absolute Gasteiger partial charge is 0.309 e. The maximum atomic E-state index is 11.3. The number of carboxylic acids is 1. The molecule has 0 saturated heterocycles. The zero-order valence-electron chi connectivity index (χ0n) is 9.75. The Kier molecular flexibility index (Phi) is 3.77. The van der Waals surface area contributed by atoms with E-state index in [9.17, 15) is 9.90 Å². The van der Waals surface area contributed by atoms with Crippen molar-refractivity contribution in [1.29, 1.82) is 0 Å². The zero-order valence-corrected chi connectivity index (χ0v) is 9.75. The van der Waals surface area contributed by atoms with Crippen LogP contribution in [0, 0.1) is 10.8 Å². The Hall–Kier alpha value is -0.570. The van der Waals surface area contributed by atoms with Crippen LogP contribution in [0.1, 0.15) is 52.4 Å². The highest BCUT2D eigenvalue weighted by Crippen LogP contribution is 2.47.